The summed E-state index contributed by atoms with van der Waals surface area (Å²) in [6.45, 7) is 2.68. The molecule has 0 aliphatic carbocycles. The Kier molecular flexibility index (Phi) is 3.83. The fourth-order valence-electron chi connectivity index (χ4n) is 1.99. The lowest BCUT2D eigenvalue weighted by Gasteiger charge is -2.10. The highest BCUT2D eigenvalue weighted by Crippen LogP contribution is 2.27. The van der Waals surface area contributed by atoms with E-state index in [4.69, 9.17) is 4.99 Å². The zero-order chi connectivity index (χ0) is 13.8. The molecule has 20 heavy (non-hydrogen) atoms. The average Bonchev–Trinajstić information content (AvgIpc) is 2.66. The quantitative estimate of drug-likeness (QED) is 0.914. The number of thioether (sulfide) groups is 1. The third-order valence-corrected chi connectivity index (χ3v) is 4.04. The van der Waals surface area contributed by atoms with E-state index in [0.717, 1.165) is 22.7 Å². The summed E-state index contributed by atoms with van der Waals surface area (Å²) in [5.74, 6) is 0.920. The molecule has 1 aromatic heterocycles. The first kappa shape index (κ1) is 12.9. The summed E-state index contributed by atoms with van der Waals surface area (Å²) >= 11 is 1.73. The molecule has 0 unspecified atom stereocenters. The van der Waals surface area contributed by atoms with Gasteiger partial charge in [0.1, 0.15) is 5.84 Å². The number of aromatic nitrogens is 1. The zero-order valence-corrected chi connectivity index (χ0v) is 12.0. The zero-order valence-electron chi connectivity index (χ0n) is 11.2. The smallest absolute Gasteiger partial charge is 0.133 e. The fraction of sp³-hybridized carbons (Fsp3) is 0.125. The van der Waals surface area contributed by atoms with Gasteiger partial charge in [0.25, 0.3) is 0 Å². The maximum atomic E-state index is 4.72. The molecule has 3 nitrogen and oxygen atoms in total. The molecule has 2 heterocycles. The van der Waals surface area contributed by atoms with Crippen molar-refractivity contribution in [1.29, 1.82) is 0 Å². The number of fused-ring (bicyclic) bond motifs is 1. The molecule has 0 saturated carbocycles. The molecule has 100 valence electrons. The van der Waals surface area contributed by atoms with Crippen LogP contribution in [0.15, 0.2) is 69.8 Å². The maximum Gasteiger partial charge on any atom is 0.133 e. The molecule has 0 radical (unpaired) electrons. The first-order valence-corrected chi connectivity index (χ1v) is 7.34. The molecule has 0 atom stereocenters. The van der Waals surface area contributed by atoms with Gasteiger partial charge in [-0.05, 0) is 30.0 Å². The van der Waals surface area contributed by atoms with E-state index in [1.165, 1.54) is 4.90 Å². The molecule has 0 amide bonds. The molecule has 0 saturated heterocycles. The molecule has 1 N–H and O–H groups in total. The molecular formula is C16H15N3S. The van der Waals surface area contributed by atoms with E-state index in [0.29, 0.717) is 6.54 Å². The number of hydrogen-bond donors (Lipinski definition) is 1. The average molecular weight is 281 g/mol. The minimum absolute atomic E-state index is 0.627. The Hall–Kier alpha value is -2.07. The highest BCUT2D eigenvalue weighted by molar-refractivity contribution is 8.02. The van der Waals surface area contributed by atoms with Gasteiger partial charge >= 0.3 is 0 Å². The minimum Gasteiger partial charge on any atom is -0.343 e. The summed E-state index contributed by atoms with van der Waals surface area (Å²) in [7, 11) is 0. The number of aliphatic imine (C=N–C) groups is 1. The standard InChI is InChI=1S/C16H15N3S/c1-12-11-20-15-7-3-2-6-14(15)16(19-12)18-10-13-5-4-8-17-9-13/h2-9,11H,10H2,1H3,(H,18,19). The third kappa shape index (κ3) is 2.91. The number of benzene rings is 1. The number of nitrogens with zero attached hydrogens (tertiary/aromatic N) is 2. The molecule has 2 aromatic rings. The van der Waals surface area contributed by atoms with Gasteiger partial charge in [-0.1, -0.05) is 36.0 Å². The Labute approximate surface area is 122 Å². The SMILES string of the molecule is CC1=CSc2ccccc2C(=NCc2cccnc2)N1. The van der Waals surface area contributed by atoms with Crippen molar-refractivity contribution >= 4 is 17.6 Å². The van der Waals surface area contributed by atoms with Crippen LogP contribution in [0.2, 0.25) is 0 Å². The van der Waals surface area contributed by atoms with Crippen molar-refractivity contribution in [1.82, 2.24) is 10.3 Å². The van der Waals surface area contributed by atoms with Crippen LogP contribution in [0.1, 0.15) is 18.1 Å². The lowest BCUT2D eigenvalue weighted by atomic mass is 10.2. The van der Waals surface area contributed by atoms with Crippen LogP contribution in [0.25, 0.3) is 0 Å². The molecule has 3 rings (SSSR count). The number of hydrogen-bond acceptors (Lipinski definition) is 3. The highest BCUT2D eigenvalue weighted by Gasteiger charge is 2.12. The lowest BCUT2D eigenvalue weighted by molar-refractivity contribution is 1.00. The summed E-state index contributed by atoms with van der Waals surface area (Å²) in [5, 5.41) is 5.49. The molecule has 0 spiro atoms. The molecular weight excluding hydrogens is 266 g/mol. The van der Waals surface area contributed by atoms with Gasteiger partial charge in [-0.15, -0.1) is 0 Å². The van der Waals surface area contributed by atoms with Crippen molar-refractivity contribution in [3.8, 4) is 0 Å². The Balaban J connectivity index is 1.93. The first-order chi connectivity index (χ1) is 9.83. The summed E-state index contributed by atoms with van der Waals surface area (Å²) in [6, 6.07) is 12.3. The van der Waals surface area contributed by atoms with Crippen LogP contribution in [-0.4, -0.2) is 10.8 Å². The van der Waals surface area contributed by atoms with Crippen LogP contribution >= 0.6 is 11.8 Å². The van der Waals surface area contributed by atoms with E-state index in [1.54, 1.807) is 18.0 Å². The molecule has 0 fully saturated rings. The second-order valence-electron chi connectivity index (χ2n) is 4.57. The monoisotopic (exact) mass is 281 g/mol. The molecule has 1 aliphatic heterocycles. The Morgan fingerprint density at radius 1 is 1.20 bits per heavy atom. The van der Waals surface area contributed by atoms with Gasteiger partial charge in [0, 0.05) is 28.5 Å². The van der Waals surface area contributed by atoms with Crippen molar-refractivity contribution in [3.05, 3.63) is 71.0 Å². The number of rotatable bonds is 2. The van der Waals surface area contributed by atoms with Crippen molar-refractivity contribution in [2.45, 2.75) is 18.4 Å². The van der Waals surface area contributed by atoms with Gasteiger partial charge in [0.2, 0.25) is 0 Å². The summed E-state index contributed by atoms with van der Waals surface area (Å²) < 4.78 is 0. The highest BCUT2D eigenvalue weighted by atomic mass is 32.2. The Bertz CT molecular complexity index is 662. The number of nitrogens with one attached hydrogen (secondary N) is 1. The molecule has 4 heteroatoms. The summed E-state index contributed by atoms with van der Waals surface area (Å²) in [4.78, 5) is 10.1. The van der Waals surface area contributed by atoms with Gasteiger partial charge in [-0.25, -0.2) is 0 Å². The lowest BCUT2D eigenvalue weighted by Crippen LogP contribution is -2.22. The minimum atomic E-state index is 0.627. The van der Waals surface area contributed by atoms with E-state index < -0.39 is 0 Å². The number of allylic oxidation sites excluding steroid dienone is 1. The van der Waals surface area contributed by atoms with Crippen molar-refractivity contribution in [3.63, 3.8) is 0 Å². The van der Waals surface area contributed by atoms with Gasteiger partial charge < -0.3 is 5.32 Å². The predicted molar refractivity (Wildman–Crippen MR) is 83.7 cm³/mol. The first-order valence-electron chi connectivity index (χ1n) is 6.46. The van der Waals surface area contributed by atoms with Crippen LogP contribution in [-0.2, 0) is 6.54 Å². The van der Waals surface area contributed by atoms with Gasteiger partial charge in [-0.2, -0.15) is 0 Å². The fourth-order valence-corrected chi connectivity index (χ4v) is 2.80. The van der Waals surface area contributed by atoms with E-state index in [1.807, 2.05) is 24.4 Å². The van der Waals surface area contributed by atoms with Crippen LogP contribution in [0.4, 0.5) is 0 Å². The number of amidine groups is 1. The second-order valence-corrected chi connectivity index (χ2v) is 5.48. The van der Waals surface area contributed by atoms with Crippen molar-refractivity contribution in [2.24, 2.45) is 4.99 Å². The van der Waals surface area contributed by atoms with Crippen LogP contribution in [0.5, 0.6) is 0 Å². The Morgan fingerprint density at radius 2 is 2.10 bits per heavy atom. The number of pyridine rings is 1. The van der Waals surface area contributed by atoms with E-state index in [2.05, 4.69) is 40.8 Å². The molecule has 1 aliphatic rings. The van der Waals surface area contributed by atoms with Gasteiger partial charge in [0.05, 0.1) is 6.54 Å². The molecule has 1 aromatic carbocycles. The Morgan fingerprint density at radius 3 is 2.95 bits per heavy atom. The summed E-state index contributed by atoms with van der Waals surface area (Å²) in [6.07, 6.45) is 3.63. The molecule has 0 bridgehead atoms. The predicted octanol–water partition coefficient (Wildman–Crippen LogP) is 3.59. The topological polar surface area (TPSA) is 37.3 Å². The van der Waals surface area contributed by atoms with Crippen LogP contribution < -0.4 is 5.32 Å². The van der Waals surface area contributed by atoms with Crippen molar-refractivity contribution < 1.29 is 0 Å². The van der Waals surface area contributed by atoms with Crippen LogP contribution in [0, 0.1) is 0 Å². The van der Waals surface area contributed by atoms with Crippen LogP contribution in [0.3, 0.4) is 0 Å². The van der Waals surface area contributed by atoms with E-state index in [-0.39, 0.29) is 0 Å². The largest absolute Gasteiger partial charge is 0.343 e. The maximum absolute atomic E-state index is 4.72. The van der Waals surface area contributed by atoms with E-state index in [9.17, 15) is 0 Å². The second kappa shape index (κ2) is 5.92. The van der Waals surface area contributed by atoms with Crippen molar-refractivity contribution in [2.75, 3.05) is 0 Å². The normalized spacial score (nSPS) is 16.1. The summed E-state index contributed by atoms with van der Waals surface area (Å²) in [5.41, 5.74) is 3.36. The van der Waals surface area contributed by atoms with Gasteiger partial charge in [-0.3, -0.25) is 9.98 Å². The third-order valence-electron chi connectivity index (χ3n) is 2.96. The van der Waals surface area contributed by atoms with Gasteiger partial charge in [0.15, 0.2) is 0 Å². The van der Waals surface area contributed by atoms with E-state index >= 15 is 0 Å².